The van der Waals surface area contributed by atoms with Gasteiger partial charge < -0.3 is 26.0 Å². The van der Waals surface area contributed by atoms with E-state index in [1.807, 2.05) is 54.6 Å². The van der Waals surface area contributed by atoms with Crippen LogP contribution in [-0.2, 0) is 19.2 Å². The molecular formula is C46H48N10O7. The van der Waals surface area contributed by atoms with Crippen LogP contribution in [0.1, 0.15) is 84.5 Å². The lowest BCUT2D eigenvalue weighted by molar-refractivity contribution is -0.136. The number of nitrogens with two attached hydrogens (primary N) is 1. The van der Waals surface area contributed by atoms with Gasteiger partial charge in [-0.25, -0.2) is 14.6 Å². The fraction of sp³-hybridized carbons (Fsp3) is 0.326. The Bertz CT molecular complexity index is 2580. The van der Waals surface area contributed by atoms with Crippen molar-refractivity contribution in [3.63, 3.8) is 0 Å². The number of amides is 6. The molecule has 6 amide bonds. The Morgan fingerprint density at radius 3 is 2.35 bits per heavy atom. The summed E-state index contributed by atoms with van der Waals surface area (Å²) in [4.78, 5) is 88.5. The molecule has 3 aliphatic rings. The summed E-state index contributed by atoms with van der Waals surface area (Å²) >= 11 is 0. The van der Waals surface area contributed by atoms with Crippen LogP contribution in [0.25, 0.3) is 22.3 Å². The summed E-state index contributed by atoms with van der Waals surface area (Å²) in [7, 11) is 0. The van der Waals surface area contributed by atoms with Crippen molar-refractivity contribution in [3.05, 3.63) is 103 Å². The molecule has 17 heteroatoms. The van der Waals surface area contributed by atoms with Gasteiger partial charge in [0.2, 0.25) is 23.6 Å². The molecule has 324 valence electrons. The maximum atomic E-state index is 13.6. The Kier molecular flexibility index (Phi) is 12.5. The fourth-order valence-electron chi connectivity index (χ4n) is 8.53. The van der Waals surface area contributed by atoms with E-state index in [-0.39, 0.29) is 54.2 Å². The van der Waals surface area contributed by atoms with Gasteiger partial charge in [-0.15, -0.1) is 0 Å². The molecule has 1 unspecified atom stereocenters. The van der Waals surface area contributed by atoms with Crippen LogP contribution in [0.3, 0.4) is 0 Å². The molecule has 0 spiro atoms. The van der Waals surface area contributed by atoms with Crippen LogP contribution in [0, 0.1) is 0 Å². The van der Waals surface area contributed by atoms with Gasteiger partial charge in [0.1, 0.15) is 41.4 Å². The highest BCUT2D eigenvalue weighted by Crippen LogP contribution is 2.37. The first-order valence-corrected chi connectivity index (χ1v) is 21.2. The van der Waals surface area contributed by atoms with Gasteiger partial charge >= 0.3 is 0 Å². The van der Waals surface area contributed by atoms with Crippen LogP contribution in [0.2, 0.25) is 0 Å². The van der Waals surface area contributed by atoms with Crippen LogP contribution in [-0.4, -0.2) is 96.7 Å². The first kappa shape index (κ1) is 42.3. The smallest absolute Gasteiger partial charge is 0.264 e. The van der Waals surface area contributed by atoms with Crippen molar-refractivity contribution < 1.29 is 33.5 Å². The van der Waals surface area contributed by atoms with E-state index in [2.05, 4.69) is 32.5 Å². The molecule has 0 bridgehead atoms. The topological polar surface area (TPSA) is 224 Å². The molecule has 5 aromatic rings. The zero-order chi connectivity index (χ0) is 44.0. The third-order valence-electron chi connectivity index (χ3n) is 11.7. The molecule has 2 aromatic heterocycles. The predicted molar refractivity (Wildman–Crippen MR) is 233 cm³/mol. The lowest BCUT2D eigenvalue weighted by Crippen LogP contribution is -2.54. The Morgan fingerprint density at radius 1 is 0.873 bits per heavy atom. The van der Waals surface area contributed by atoms with Gasteiger partial charge in [0.15, 0.2) is 5.65 Å². The molecule has 2 saturated heterocycles. The van der Waals surface area contributed by atoms with E-state index < -0.39 is 35.7 Å². The second-order valence-corrected chi connectivity index (χ2v) is 15.8. The lowest BCUT2D eigenvalue weighted by atomic mass is 10.0. The fourth-order valence-corrected chi connectivity index (χ4v) is 8.53. The molecular weight excluding hydrogens is 805 g/mol. The van der Waals surface area contributed by atoms with Gasteiger partial charge in [-0.3, -0.25) is 39.0 Å². The summed E-state index contributed by atoms with van der Waals surface area (Å²) in [5, 5.41) is 14.1. The molecule has 8 rings (SSSR count). The van der Waals surface area contributed by atoms with Gasteiger partial charge in [-0.1, -0.05) is 56.5 Å². The minimum absolute atomic E-state index is 0.0620. The number of unbranched alkanes of at least 4 members (excludes halogenated alkanes) is 5. The lowest BCUT2D eigenvalue weighted by Gasteiger charge is -2.27. The molecule has 0 radical (unpaired) electrons. The Labute approximate surface area is 363 Å². The summed E-state index contributed by atoms with van der Waals surface area (Å²) in [6.45, 7) is 4.94. The Hall–Kier alpha value is -7.43. The van der Waals surface area contributed by atoms with Crippen molar-refractivity contribution in [2.24, 2.45) is 0 Å². The van der Waals surface area contributed by atoms with Crippen molar-refractivity contribution in [1.82, 2.24) is 40.2 Å². The number of hydrogen-bond acceptors (Lipinski definition) is 12. The van der Waals surface area contributed by atoms with Gasteiger partial charge in [0.05, 0.1) is 22.6 Å². The SMILES string of the molecule is C=CC(=O)N1C[C@@H](n2nc(-c3ccc(Oc4ccccc4)cc3)c3c(N)ncnc32)C[C@H]1C(=O)NCCCCCCCCNc1cccc2c1C(=O)N(C1CCC(=O)NC1=O)C2=O. The van der Waals surface area contributed by atoms with E-state index in [4.69, 9.17) is 15.6 Å². The van der Waals surface area contributed by atoms with Crippen LogP contribution in [0.5, 0.6) is 11.5 Å². The van der Waals surface area contributed by atoms with Crippen molar-refractivity contribution in [2.75, 3.05) is 30.7 Å². The largest absolute Gasteiger partial charge is 0.457 e. The van der Waals surface area contributed by atoms with Gasteiger partial charge in [0.25, 0.3) is 11.8 Å². The Balaban J connectivity index is 0.804. The Morgan fingerprint density at radius 2 is 1.60 bits per heavy atom. The summed E-state index contributed by atoms with van der Waals surface area (Å²) in [6, 6.07) is 19.9. The molecule has 5 N–H and O–H groups in total. The van der Waals surface area contributed by atoms with E-state index >= 15 is 0 Å². The normalized spacial score (nSPS) is 18.4. The third kappa shape index (κ3) is 8.85. The zero-order valence-corrected chi connectivity index (χ0v) is 34.6. The monoisotopic (exact) mass is 852 g/mol. The second kappa shape index (κ2) is 18.7. The minimum Gasteiger partial charge on any atom is -0.457 e. The second-order valence-electron chi connectivity index (χ2n) is 15.8. The van der Waals surface area contributed by atoms with Gasteiger partial charge in [0, 0.05) is 43.7 Å². The van der Waals surface area contributed by atoms with E-state index in [1.165, 1.54) is 17.3 Å². The number of hydrogen-bond donors (Lipinski definition) is 4. The van der Waals surface area contributed by atoms with Crippen molar-refractivity contribution in [1.29, 1.82) is 0 Å². The van der Waals surface area contributed by atoms with Crippen molar-refractivity contribution in [2.45, 2.75) is 75.9 Å². The highest BCUT2D eigenvalue weighted by molar-refractivity contribution is 6.25. The number of imide groups is 2. The maximum absolute atomic E-state index is 13.6. The number of ether oxygens (including phenoxy) is 1. The molecule has 3 aliphatic heterocycles. The molecule has 3 atom stereocenters. The van der Waals surface area contributed by atoms with Gasteiger partial charge in [-0.2, -0.15) is 5.10 Å². The molecule has 5 heterocycles. The highest BCUT2D eigenvalue weighted by Gasteiger charge is 2.46. The molecule has 2 fully saturated rings. The number of anilines is 2. The number of carbonyl (C=O) groups is 6. The van der Waals surface area contributed by atoms with E-state index in [0.29, 0.717) is 53.4 Å². The predicted octanol–water partition coefficient (Wildman–Crippen LogP) is 5.17. The number of para-hydroxylation sites is 1. The molecule has 3 aromatic carbocycles. The molecule has 17 nitrogen and oxygen atoms in total. The van der Waals surface area contributed by atoms with Crippen LogP contribution < -0.4 is 26.4 Å². The van der Waals surface area contributed by atoms with E-state index in [0.717, 1.165) is 49.0 Å². The summed E-state index contributed by atoms with van der Waals surface area (Å²) in [5.41, 5.74) is 9.28. The summed E-state index contributed by atoms with van der Waals surface area (Å²) in [5.74, 6) is -1.09. The van der Waals surface area contributed by atoms with Gasteiger partial charge in [-0.05, 0) is 73.9 Å². The number of fused-ring (bicyclic) bond motifs is 2. The number of aromatic nitrogens is 4. The molecule has 63 heavy (non-hydrogen) atoms. The molecule has 0 aliphatic carbocycles. The number of benzene rings is 3. The number of piperidine rings is 1. The molecule has 0 saturated carbocycles. The van der Waals surface area contributed by atoms with E-state index in [1.54, 1.807) is 22.9 Å². The zero-order valence-electron chi connectivity index (χ0n) is 34.6. The summed E-state index contributed by atoms with van der Waals surface area (Å²) < 4.78 is 7.71. The van der Waals surface area contributed by atoms with Crippen molar-refractivity contribution >= 4 is 58.0 Å². The number of nitrogens with zero attached hydrogens (tertiary/aromatic N) is 6. The third-order valence-corrected chi connectivity index (χ3v) is 11.7. The number of likely N-dealkylation sites (tertiary alicyclic amines) is 1. The standard InChI is InChI=1S/C46H48N10O7/c1-2-37(58)54-26-29(56-42-39(41(47)50-27-51-42)40(53-56)28-17-19-31(20-18-28)63-30-13-8-7-9-14-30)25-35(54)43(59)49-24-11-6-4-3-5-10-23-48-33-16-12-15-32-38(33)46(62)55(45(32)61)34-21-22-36(57)52-44(34)60/h2,7-9,12-20,27,29,34-35,48H,1,3-6,10-11,21-26H2,(H,49,59)(H2,47,50,51)(H,52,57,60)/t29-,34?,35-/m0/s1. The van der Waals surface area contributed by atoms with Crippen molar-refractivity contribution in [3.8, 4) is 22.8 Å². The number of nitrogens with one attached hydrogen (secondary N) is 3. The average molecular weight is 853 g/mol. The number of carbonyl (C=O) groups excluding carboxylic acids is 6. The summed E-state index contributed by atoms with van der Waals surface area (Å²) in [6.07, 6.45) is 8.43. The van der Waals surface area contributed by atoms with Crippen LogP contribution >= 0.6 is 0 Å². The average Bonchev–Trinajstić information content (AvgIpc) is 3.98. The van der Waals surface area contributed by atoms with E-state index in [9.17, 15) is 28.8 Å². The maximum Gasteiger partial charge on any atom is 0.264 e. The number of nitrogen functional groups attached to an aromatic ring is 1. The quantitative estimate of drug-likeness (QED) is 0.0541. The van der Waals surface area contributed by atoms with Crippen LogP contribution in [0.15, 0.2) is 91.8 Å². The minimum atomic E-state index is -1.01. The van der Waals surface area contributed by atoms with Crippen LogP contribution in [0.4, 0.5) is 11.5 Å². The highest BCUT2D eigenvalue weighted by atomic mass is 16.5. The number of rotatable bonds is 17. The first-order chi connectivity index (χ1) is 30.6. The first-order valence-electron chi connectivity index (χ1n) is 21.2.